The van der Waals surface area contributed by atoms with Gasteiger partial charge in [-0.25, -0.2) is 0 Å². The van der Waals surface area contributed by atoms with E-state index in [-0.39, 0.29) is 5.41 Å². The number of hydrogen-bond acceptors (Lipinski definition) is 1. The number of rotatable bonds is 4. The van der Waals surface area contributed by atoms with Gasteiger partial charge < -0.3 is 4.90 Å². The molecule has 0 saturated carbocycles. The maximum atomic E-state index is 2.49. The summed E-state index contributed by atoms with van der Waals surface area (Å²) in [5, 5.41) is 0. The second-order valence-corrected chi connectivity index (χ2v) is 15.3. The fourth-order valence-corrected chi connectivity index (χ4v) is 9.97. The van der Waals surface area contributed by atoms with Crippen LogP contribution in [0.5, 0.6) is 0 Å². The molecule has 8 aromatic carbocycles. The minimum absolute atomic E-state index is 0.0580. The summed E-state index contributed by atoms with van der Waals surface area (Å²) in [6.07, 6.45) is 0. The Bertz CT molecular complexity index is 2710. The molecule has 0 aromatic heterocycles. The van der Waals surface area contributed by atoms with Crippen molar-refractivity contribution in [2.75, 3.05) is 4.90 Å². The first-order valence-electron chi connectivity index (χ1n) is 18.7. The third kappa shape index (κ3) is 4.08. The van der Waals surface area contributed by atoms with E-state index in [1.165, 1.54) is 77.9 Å². The van der Waals surface area contributed by atoms with Crippen LogP contribution in [0.3, 0.4) is 0 Å². The van der Waals surface area contributed by atoms with E-state index in [9.17, 15) is 0 Å². The van der Waals surface area contributed by atoms with Crippen molar-refractivity contribution in [1.82, 2.24) is 0 Å². The topological polar surface area (TPSA) is 3.24 Å². The van der Waals surface area contributed by atoms with E-state index in [1.54, 1.807) is 0 Å². The summed E-state index contributed by atoms with van der Waals surface area (Å²) >= 11 is 0. The van der Waals surface area contributed by atoms with Crippen LogP contribution in [0, 0.1) is 0 Å². The summed E-state index contributed by atoms with van der Waals surface area (Å²) in [6.45, 7) is 4.71. The van der Waals surface area contributed by atoms with E-state index >= 15 is 0 Å². The number of hydrogen-bond donors (Lipinski definition) is 0. The fraction of sp³-hybridized carbons (Fsp3) is 0.0769. The van der Waals surface area contributed by atoms with Crippen LogP contribution >= 0.6 is 0 Å². The van der Waals surface area contributed by atoms with Gasteiger partial charge >= 0.3 is 0 Å². The molecule has 3 aliphatic carbocycles. The molecule has 0 fully saturated rings. The molecule has 1 heteroatoms. The second-order valence-electron chi connectivity index (χ2n) is 15.3. The van der Waals surface area contributed by atoms with E-state index < -0.39 is 5.41 Å². The van der Waals surface area contributed by atoms with Crippen LogP contribution in [0.15, 0.2) is 188 Å². The molecule has 1 spiro atoms. The summed E-state index contributed by atoms with van der Waals surface area (Å²) in [6, 6.07) is 70.2. The summed E-state index contributed by atoms with van der Waals surface area (Å²) in [5.41, 5.74) is 21.5. The standard InChI is InChI=1S/C52H37N/c1-51(2)45-23-10-6-22-42(45)44-32-37(28-30-46(44)51)53(36-18-14-17-35(31-36)34-15-4-3-5-16-34)38-27-29-43-41-21-9-13-26-49(41)52(50(43)33-38)47-24-11-7-19-39(47)40-20-8-12-25-48(40)52/h3-33H,1-2H3. The molecule has 53 heavy (non-hydrogen) atoms. The Morgan fingerprint density at radius 3 is 1.40 bits per heavy atom. The van der Waals surface area contributed by atoms with Crippen molar-refractivity contribution >= 4 is 17.1 Å². The maximum Gasteiger partial charge on any atom is 0.0726 e. The molecule has 0 unspecified atom stereocenters. The molecule has 250 valence electrons. The highest BCUT2D eigenvalue weighted by Crippen LogP contribution is 2.63. The van der Waals surface area contributed by atoms with Crippen molar-refractivity contribution in [3.63, 3.8) is 0 Å². The molecule has 0 atom stereocenters. The lowest BCUT2D eigenvalue weighted by atomic mass is 9.70. The average Bonchev–Trinajstić information content (AvgIpc) is 3.77. The Labute approximate surface area is 311 Å². The quantitative estimate of drug-likeness (QED) is 0.179. The van der Waals surface area contributed by atoms with E-state index in [0.717, 1.165) is 17.1 Å². The minimum atomic E-state index is -0.409. The van der Waals surface area contributed by atoms with Gasteiger partial charge in [0.25, 0.3) is 0 Å². The Morgan fingerprint density at radius 2 is 0.755 bits per heavy atom. The molecular weight excluding hydrogens is 639 g/mol. The molecule has 1 nitrogen and oxygen atoms in total. The summed E-state index contributed by atoms with van der Waals surface area (Å²) in [4.78, 5) is 2.48. The second kappa shape index (κ2) is 11.0. The van der Waals surface area contributed by atoms with Gasteiger partial charge in [0.15, 0.2) is 0 Å². The number of benzene rings is 8. The van der Waals surface area contributed by atoms with Gasteiger partial charge in [-0.2, -0.15) is 0 Å². The average molecular weight is 676 g/mol. The van der Waals surface area contributed by atoms with Crippen molar-refractivity contribution in [2.24, 2.45) is 0 Å². The van der Waals surface area contributed by atoms with E-state index in [1.807, 2.05) is 0 Å². The molecule has 8 aromatic rings. The van der Waals surface area contributed by atoms with E-state index in [0.29, 0.717) is 0 Å². The van der Waals surface area contributed by atoms with Gasteiger partial charge in [0, 0.05) is 22.5 Å². The first kappa shape index (κ1) is 30.2. The van der Waals surface area contributed by atoms with Crippen molar-refractivity contribution in [3.8, 4) is 44.5 Å². The molecule has 0 saturated heterocycles. The molecule has 0 amide bonds. The van der Waals surface area contributed by atoms with Gasteiger partial charge in [-0.05, 0) is 114 Å². The Balaban J connectivity index is 1.18. The number of nitrogens with zero attached hydrogens (tertiary/aromatic N) is 1. The van der Waals surface area contributed by atoms with Gasteiger partial charge in [-0.3, -0.25) is 0 Å². The lowest BCUT2D eigenvalue weighted by Gasteiger charge is -2.32. The van der Waals surface area contributed by atoms with Gasteiger partial charge in [-0.15, -0.1) is 0 Å². The summed E-state index contributed by atoms with van der Waals surface area (Å²) in [5.74, 6) is 0. The van der Waals surface area contributed by atoms with E-state index in [2.05, 4.69) is 207 Å². The third-order valence-electron chi connectivity index (χ3n) is 12.3. The number of fused-ring (bicyclic) bond motifs is 13. The highest BCUT2D eigenvalue weighted by atomic mass is 15.1. The van der Waals surface area contributed by atoms with Gasteiger partial charge in [0.2, 0.25) is 0 Å². The smallest absolute Gasteiger partial charge is 0.0726 e. The summed E-state index contributed by atoms with van der Waals surface area (Å²) < 4.78 is 0. The molecule has 0 radical (unpaired) electrons. The monoisotopic (exact) mass is 675 g/mol. The van der Waals surface area contributed by atoms with Gasteiger partial charge in [0.05, 0.1) is 5.41 Å². The van der Waals surface area contributed by atoms with Crippen LogP contribution in [0.25, 0.3) is 44.5 Å². The zero-order chi connectivity index (χ0) is 35.3. The first-order valence-corrected chi connectivity index (χ1v) is 18.7. The van der Waals surface area contributed by atoms with Crippen molar-refractivity contribution < 1.29 is 0 Å². The first-order chi connectivity index (χ1) is 26.0. The lowest BCUT2D eigenvalue weighted by molar-refractivity contribution is 0.660. The predicted molar refractivity (Wildman–Crippen MR) is 220 cm³/mol. The highest BCUT2D eigenvalue weighted by molar-refractivity contribution is 5.97. The zero-order valence-electron chi connectivity index (χ0n) is 29.8. The minimum Gasteiger partial charge on any atom is -0.310 e. The Morgan fingerprint density at radius 1 is 0.302 bits per heavy atom. The highest BCUT2D eigenvalue weighted by Gasteiger charge is 2.51. The third-order valence-corrected chi connectivity index (χ3v) is 12.3. The lowest BCUT2D eigenvalue weighted by Crippen LogP contribution is -2.26. The van der Waals surface area contributed by atoms with Crippen molar-refractivity contribution in [2.45, 2.75) is 24.7 Å². The normalized spacial score (nSPS) is 14.5. The molecule has 11 rings (SSSR count). The number of anilines is 3. The zero-order valence-corrected chi connectivity index (χ0v) is 29.8. The van der Waals surface area contributed by atoms with Gasteiger partial charge in [-0.1, -0.05) is 166 Å². The van der Waals surface area contributed by atoms with Gasteiger partial charge in [0.1, 0.15) is 0 Å². The van der Waals surface area contributed by atoms with Crippen LogP contribution in [0.2, 0.25) is 0 Å². The van der Waals surface area contributed by atoms with Crippen LogP contribution in [0.1, 0.15) is 47.2 Å². The predicted octanol–water partition coefficient (Wildman–Crippen LogP) is 13.5. The van der Waals surface area contributed by atoms with E-state index in [4.69, 9.17) is 0 Å². The largest absolute Gasteiger partial charge is 0.310 e. The Kier molecular flexibility index (Phi) is 6.29. The molecule has 3 aliphatic rings. The maximum absolute atomic E-state index is 2.49. The molecule has 0 bridgehead atoms. The van der Waals surface area contributed by atoms with Crippen LogP contribution in [-0.4, -0.2) is 0 Å². The molecule has 0 N–H and O–H groups in total. The molecular formula is C52H37N. The van der Waals surface area contributed by atoms with Crippen LogP contribution in [-0.2, 0) is 10.8 Å². The summed E-state index contributed by atoms with van der Waals surface area (Å²) in [7, 11) is 0. The Hall–Kier alpha value is -6.44. The van der Waals surface area contributed by atoms with Crippen LogP contribution < -0.4 is 4.90 Å². The molecule has 0 heterocycles. The van der Waals surface area contributed by atoms with Crippen LogP contribution in [0.4, 0.5) is 17.1 Å². The van der Waals surface area contributed by atoms with Crippen molar-refractivity contribution in [1.29, 1.82) is 0 Å². The van der Waals surface area contributed by atoms with Crippen molar-refractivity contribution in [3.05, 3.63) is 221 Å². The fourth-order valence-electron chi connectivity index (χ4n) is 9.97. The molecule has 0 aliphatic heterocycles. The SMILES string of the molecule is CC1(C)c2ccccc2-c2cc(N(c3cccc(-c4ccccc4)c3)c3ccc4c(c3)C3(c5ccccc5-c5ccccc53)c3ccccc3-4)ccc21.